The zero-order valence-electron chi connectivity index (χ0n) is 9.23. The van der Waals surface area contributed by atoms with Gasteiger partial charge in [-0.1, -0.05) is 33.8 Å². The molecule has 0 radical (unpaired) electrons. The van der Waals surface area contributed by atoms with E-state index in [4.69, 9.17) is 11.5 Å². The minimum atomic E-state index is -0.278. The molecule has 94 valence electrons. The van der Waals surface area contributed by atoms with Gasteiger partial charge >= 0.3 is 0 Å². The molecule has 4 N–H and O–H groups in total. The van der Waals surface area contributed by atoms with Gasteiger partial charge in [0, 0.05) is 16.3 Å². The summed E-state index contributed by atoms with van der Waals surface area (Å²) in [5.41, 5.74) is 12.1. The van der Waals surface area contributed by atoms with Crippen LogP contribution in [0.4, 0.5) is 16.0 Å². The molecule has 4 nitrogen and oxygen atoms in total. The van der Waals surface area contributed by atoms with Crippen LogP contribution in [0.5, 0.6) is 0 Å². The molecule has 7 heteroatoms. The van der Waals surface area contributed by atoms with Crippen LogP contribution in [0.2, 0.25) is 0 Å². The smallest absolute Gasteiger partial charge is 0.191 e. The summed E-state index contributed by atoms with van der Waals surface area (Å²) in [6.07, 6.45) is 0. The third-order valence-corrected chi connectivity index (χ3v) is 3.75. The average molecular weight is 329 g/mol. The van der Waals surface area contributed by atoms with Crippen LogP contribution in [0, 0.1) is 5.82 Å². The van der Waals surface area contributed by atoms with Crippen LogP contribution in [0.15, 0.2) is 33.9 Å². The third kappa shape index (κ3) is 3.33. The van der Waals surface area contributed by atoms with Crippen molar-refractivity contribution in [3.63, 3.8) is 0 Å². The van der Waals surface area contributed by atoms with E-state index in [2.05, 4.69) is 25.9 Å². The van der Waals surface area contributed by atoms with Gasteiger partial charge in [-0.05, 0) is 17.7 Å². The quantitative estimate of drug-likeness (QED) is 0.669. The number of hydrogen-bond donors (Lipinski definition) is 2. The van der Waals surface area contributed by atoms with Crippen LogP contribution in [0.25, 0.3) is 0 Å². The molecular weight excluding hydrogens is 319 g/mol. The number of halogens is 2. The molecule has 2 rings (SSSR count). The van der Waals surface area contributed by atoms with Gasteiger partial charge in [0.1, 0.15) is 17.5 Å². The van der Waals surface area contributed by atoms with Gasteiger partial charge in [0.25, 0.3) is 0 Å². The molecule has 1 aromatic carbocycles. The summed E-state index contributed by atoms with van der Waals surface area (Å²) in [7, 11) is 0. The van der Waals surface area contributed by atoms with Crippen LogP contribution in [-0.4, -0.2) is 9.97 Å². The lowest BCUT2D eigenvalue weighted by atomic mass is 10.2. The summed E-state index contributed by atoms with van der Waals surface area (Å²) in [5.74, 6) is 0.996. The van der Waals surface area contributed by atoms with Crippen LogP contribution < -0.4 is 11.5 Å². The number of nitrogen functional groups attached to an aromatic ring is 2. The molecule has 0 saturated heterocycles. The normalized spacial score (nSPS) is 10.6. The van der Waals surface area contributed by atoms with Gasteiger partial charge in [-0.25, -0.2) is 14.4 Å². The van der Waals surface area contributed by atoms with Gasteiger partial charge in [-0.15, -0.1) is 0 Å². The predicted octanol–water partition coefficient (Wildman–Crippen LogP) is 2.83. The van der Waals surface area contributed by atoms with Crippen LogP contribution in [0.1, 0.15) is 5.56 Å². The SMILES string of the molecule is Nc1cc(N)nc(SCc2ccc(F)cc2Br)n1. The Kier molecular flexibility index (Phi) is 4.03. The first-order valence-electron chi connectivity index (χ1n) is 5.01. The van der Waals surface area contributed by atoms with Crippen LogP contribution in [0.3, 0.4) is 0 Å². The zero-order chi connectivity index (χ0) is 13.1. The predicted molar refractivity (Wildman–Crippen MR) is 74.5 cm³/mol. The van der Waals surface area contributed by atoms with Crippen molar-refractivity contribution in [2.45, 2.75) is 10.9 Å². The fraction of sp³-hybridized carbons (Fsp3) is 0.0909. The van der Waals surface area contributed by atoms with Gasteiger partial charge in [0.05, 0.1) is 0 Å². The second kappa shape index (κ2) is 5.53. The number of nitrogens with zero attached hydrogens (tertiary/aromatic N) is 2. The summed E-state index contributed by atoms with van der Waals surface area (Å²) < 4.78 is 13.6. The zero-order valence-corrected chi connectivity index (χ0v) is 11.6. The molecular formula is C11H10BrFN4S. The third-order valence-electron chi connectivity index (χ3n) is 2.12. The number of anilines is 2. The molecule has 0 unspecified atom stereocenters. The molecule has 0 aliphatic carbocycles. The van der Waals surface area contributed by atoms with E-state index in [9.17, 15) is 4.39 Å². The molecule has 0 saturated carbocycles. The molecule has 0 fully saturated rings. The second-order valence-electron chi connectivity index (χ2n) is 3.52. The van der Waals surface area contributed by atoms with E-state index in [0.717, 1.165) is 5.56 Å². The Morgan fingerprint density at radius 1 is 1.17 bits per heavy atom. The Hall–Kier alpha value is -1.34. The highest BCUT2D eigenvalue weighted by Gasteiger charge is 2.05. The Morgan fingerprint density at radius 3 is 2.44 bits per heavy atom. The molecule has 0 atom stereocenters. The van der Waals surface area contributed by atoms with Crippen molar-refractivity contribution in [2.24, 2.45) is 0 Å². The van der Waals surface area contributed by atoms with Gasteiger partial charge in [-0.3, -0.25) is 0 Å². The molecule has 1 heterocycles. The van der Waals surface area contributed by atoms with E-state index in [0.29, 0.717) is 27.0 Å². The molecule has 1 aromatic heterocycles. The molecule has 2 aromatic rings. The number of rotatable bonds is 3. The topological polar surface area (TPSA) is 77.8 Å². The first kappa shape index (κ1) is 13.1. The first-order valence-corrected chi connectivity index (χ1v) is 6.79. The molecule has 0 aliphatic heterocycles. The summed E-state index contributed by atoms with van der Waals surface area (Å²) in [4.78, 5) is 8.11. The maximum absolute atomic E-state index is 12.9. The van der Waals surface area contributed by atoms with Crippen LogP contribution in [-0.2, 0) is 5.75 Å². The van der Waals surface area contributed by atoms with Crippen molar-refractivity contribution < 1.29 is 4.39 Å². The van der Waals surface area contributed by atoms with Crippen molar-refractivity contribution in [1.82, 2.24) is 9.97 Å². The van der Waals surface area contributed by atoms with E-state index in [-0.39, 0.29) is 5.82 Å². The van der Waals surface area contributed by atoms with Crippen molar-refractivity contribution >= 4 is 39.3 Å². The van der Waals surface area contributed by atoms with Gasteiger partial charge in [0.15, 0.2) is 5.16 Å². The van der Waals surface area contributed by atoms with Crippen molar-refractivity contribution in [1.29, 1.82) is 0 Å². The van der Waals surface area contributed by atoms with E-state index >= 15 is 0 Å². The summed E-state index contributed by atoms with van der Waals surface area (Å²) in [5, 5.41) is 0.503. The molecule has 18 heavy (non-hydrogen) atoms. The van der Waals surface area contributed by atoms with Crippen LogP contribution >= 0.6 is 27.7 Å². The van der Waals surface area contributed by atoms with Gasteiger partial charge < -0.3 is 11.5 Å². The molecule has 0 aliphatic rings. The van der Waals surface area contributed by atoms with E-state index < -0.39 is 0 Å². The van der Waals surface area contributed by atoms with E-state index in [1.165, 1.54) is 30.0 Å². The minimum absolute atomic E-state index is 0.278. The Balaban J connectivity index is 2.11. The summed E-state index contributed by atoms with van der Waals surface area (Å²) in [6, 6.07) is 6.04. The largest absolute Gasteiger partial charge is 0.383 e. The lowest BCUT2D eigenvalue weighted by Crippen LogP contribution is -1.99. The number of benzene rings is 1. The van der Waals surface area contributed by atoms with Crippen molar-refractivity contribution in [2.75, 3.05) is 11.5 Å². The minimum Gasteiger partial charge on any atom is -0.383 e. The van der Waals surface area contributed by atoms with Crippen molar-refractivity contribution in [3.8, 4) is 0 Å². The number of nitrogens with two attached hydrogens (primary N) is 2. The number of aromatic nitrogens is 2. The number of hydrogen-bond acceptors (Lipinski definition) is 5. The van der Waals surface area contributed by atoms with Gasteiger partial charge in [0.2, 0.25) is 0 Å². The number of thioether (sulfide) groups is 1. The molecule has 0 spiro atoms. The summed E-state index contributed by atoms with van der Waals surface area (Å²) in [6.45, 7) is 0. The Labute approximate surface area is 116 Å². The van der Waals surface area contributed by atoms with E-state index in [1.807, 2.05) is 0 Å². The lowest BCUT2D eigenvalue weighted by molar-refractivity contribution is 0.626. The molecule has 0 bridgehead atoms. The Bertz CT molecular complexity index is 559. The first-order chi connectivity index (χ1) is 8.54. The van der Waals surface area contributed by atoms with Gasteiger partial charge in [-0.2, -0.15) is 0 Å². The maximum atomic E-state index is 12.9. The Morgan fingerprint density at radius 2 is 1.83 bits per heavy atom. The average Bonchev–Trinajstić information content (AvgIpc) is 2.26. The maximum Gasteiger partial charge on any atom is 0.191 e. The standard InChI is InChI=1S/C11H10BrFN4S/c12-8-3-7(13)2-1-6(8)5-18-11-16-9(14)4-10(15)17-11/h1-4H,5H2,(H4,14,15,16,17). The highest BCUT2D eigenvalue weighted by Crippen LogP contribution is 2.26. The highest BCUT2D eigenvalue weighted by molar-refractivity contribution is 9.10. The highest BCUT2D eigenvalue weighted by atomic mass is 79.9. The van der Waals surface area contributed by atoms with E-state index in [1.54, 1.807) is 6.07 Å². The fourth-order valence-corrected chi connectivity index (χ4v) is 2.86. The summed E-state index contributed by atoms with van der Waals surface area (Å²) >= 11 is 4.69. The lowest BCUT2D eigenvalue weighted by Gasteiger charge is -2.05. The fourth-order valence-electron chi connectivity index (χ4n) is 1.31. The molecule has 0 amide bonds. The second-order valence-corrected chi connectivity index (χ2v) is 5.32. The van der Waals surface area contributed by atoms with Crippen molar-refractivity contribution in [3.05, 3.63) is 40.1 Å². The monoisotopic (exact) mass is 328 g/mol.